The number of hydrogen-bond acceptors (Lipinski definition) is 2. The highest BCUT2D eigenvalue weighted by atomic mass is 19.1. The summed E-state index contributed by atoms with van der Waals surface area (Å²) in [4.78, 5) is 4.51. The highest BCUT2D eigenvalue weighted by molar-refractivity contribution is 5.76. The molecule has 0 aliphatic carbocycles. The molecule has 1 atom stereocenters. The molecule has 1 N–H and O–H groups in total. The lowest BCUT2D eigenvalue weighted by molar-refractivity contribution is 0.516. The van der Waals surface area contributed by atoms with E-state index < -0.39 is 0 Å². The summed E-state index contributed by atoms with van der Waals surface area (Å²) in [5.74, 6) is 1.55. The molecule has 1 aromatic carbocycles. The quantitative estimate of drug-likeness (QED) is 0.917. The maximum atomic E-state index is 13.8. The number of nitrogens with zero attached hydrogens (tertiary/aromatic N) is 2. The number of aromatic nitrogens is 2. The number of imidazole rings is 1. The zero-order chi connectivity index (χ0) is 13.2. The van der Waals surface area contributed by atoms with Crippen molar-refractivity contribution in [3.8, 4) is 0 Å². The van der Waals surface area contributed by atoms with E-state index in [0.717, 1.165) is 49.7 Å². The van der Waals surface area contributed by atoms with Crippen LogP contribution in [0.3, 0.4) is 0 Å². The van der Waals surface area contributed by atoms with Gasteiger partial charge in [-0.2, -0.15) is 0 Å². The Morgan fingerprint density at radius 3 is 3.11 bits per heavy atom. The molecule has 1 aliphatic heterocycles. The highest BCUT2D eigenvalue weighted by Gasteiger charge is 2.17. The van der Waals surface area contributed by atoms with Gasteiger partial charge in [-0.05, 0) is 50.9 Å². The zero-order valence-corrected chi connectivity index (χ0v) is 11.3. The monoisotopic (exact) mass is 261 g/mol. The van der Waals surface area contributed by atoms with Crippen LogP contribution < -0.4 is 5.32 Å². The second-order valence-corrected chi connectivity index (χ2v) is 5.28. The number of para-hydroxylation sites is 1. The number of hydrogen-bond donors (Lipinski definition) is 1. The Hall–Kier alpha value is -1.42. The summed E-state index contributed by atoms with van der Waals surface area (Å²) in [6.07, 6.45) is 3.33. The van der Waals surface area contributed by atoms with Crippen LogP contribution in [-0.4, -0.2) is 22.6 Å². The summed E-state index contributed by atoms with van der Waals surface area (Å²) in [6, 6.07) is 5.20. The van der Waals surface area contributed by atoms with Gasteiger partial charge in [0.25, 0.3) is 0 Å². The van der Waals surface area contributed by atoms with Gasteiger partial charge in [-0.15, -0.1) is 0 Å². The minimum atomic E-state index is -0.214. The van der Waals surface area contributed by atoms with Gasteiger partial charge in [0.05, 0.1) is 5.52 Å². The summed E-state index contributed by atoms with van der Waals surface area (Å²) >= 11 is 0. The second-order valence-electron chi connectivity index (χ2n) is 5.28. The molecule has 3 nitrogen and oxygen atoms in total. The molecule has 102 valence electrons. The third-order valence-corrected chi connectivity index (χ3v) is 4.06. The molecule has 1 aliphatic rings. The molecule has 0 spiro atoms. The van der Waals surface area contributed by atoms with Crippen molar-refractivity contribution in [1.29, 1.82) is 0 Å². The third kappa shape index (κ3) is 2.37. The van der Waals surface area contributed by atoms with Crippen molar-refractivity contribution in [1.82, 2.24) is 14.9 Å². The van der Waals surface area contributed by atoms with Crippen molar-refractivity contribution in [2.24, 2.45) is 5.92 Å². The number of halogens is 1. The molecule has 0 saturated carbocycles. The Balaban J connectivity index is 1.87. The molecule has 1 fully saturated rings. The van der Waals surface area contributed by atoms with Crippen LogP contribution in [0, 0.1) is 11.7 Å². The van der Waals surface area contributed by atoms with Gasteiger partial charge in [0.2, 0.25) is 0 Å². The summed E-state index contributed by atoms with van der Waals surface area (Å²) in [7, 11) is 0. The van der Waals surface area contributed by atoms with Gasteiger partial charge in [0.15, 0.2) is 5.82 Å². The van der Waals surface area contributed by atoms with E-state index in [1.807, 2.05) is 6.07 Å². The molecule has 2 aromatic rings. The molecule has 0 bridgehead atoms. The first kappa shape index (κ1) is 12.6. The summed E-state index contributed by atoms with van der Waals surface area (Å²) in [6.45, 7) is 5.18. The Bertz CT molecular complexity index is 570. The SMILES string of the molecule is CCn1c(CCC2CCNC2)nc2c(F)cccc21. The molecule has 1 unspecified atom stereocenters. The molecule has 19 heavy (non-hydrogen) atoms. The van der Waals surface area contributed by atoms with Gasteiger partial charge in [-0.1, -0.05) is 6.07 Å². The van der Waals surface area contributed by atoms with Gasteiger partial charge in [-0.25, -0.2) is 9.37 Å². The third-order valence-electron chi connectivity index (χ3n) is 4.06. The van der Waals surface area contributed by atoms with Crippen LogP contribution in [0.4, 0.5) is 4.39 Å². The van der Waals surface area contributed by atoms with Crippen LogP contribution in [0.15, 0.2) is 18.2 Å². The molecule has 3 rings (SSSR count). The molecule has 4 heteroatoms. The van der Waals surface area contributed by atoms with Crippen LogP contribution in [-0.2, 0) is 13.0 Å². The maximum absolute atomic E-state index is 13.8. The smallest absolute Gasteiger partial charge is 0.151 e. The normalized spacial score (nSPS) is 19.4. The average Bonchev–Trinajstić information content (AvgIpc) is 3.03. The fourth-order valence-electron chi connectivity index (χ4n) is 3.00. The number of rotatable bonds is 4. The van der Waals surface area contributed by atoms with Gasteiger partial charge in [0, 0.05) is 13.0 Å². The standard InChI is InChI=1S/C15H20FN3/c1-2-19-13-5-3-4-12(16)15(13)18-14(19)7-6-11-8-9-17-10-11/h3-5,11,17H,2,6-10H2,1H3. The van der Waals surface area contributed by atoms with E-state index in [4.69, 9.17) is 0 Å². The van der Waals surface area contributed by atoms with Gasteiger partial charge in [0.1, 0.15) is 11.3 Å². The fraction of sp³-hybridized carbons (Fsp3) is 0.533. The Kier molecular flexibility index (Phi) is 3.51. The first-order chi connectivity index (χ1) is 9.29. The Labute approximate surface area is 112 Å². The Morgan fingerprint density at radius 1 is 1.47 bits per heavy atom. The molecular formula is C15H20FN3. The molecule has 2 heterocycles. The van der Waals surface area contributed by atoms with Crippen LogP contribution in [0.2, 0.25) is 0 Å². The van der Waals surface area contributed by atoms with Crippen molar-refractivity contribution in [2.45, 2.75) is 32.7 Å². The van der Waals surface area contributed by atoms with Gasteiger partial charge < -0.3 is 9.88 Å². The average molecular weight is 261 g/mol. The topological polar surface area (TPSA) is 29.9 Å². The van der Waals surface area contributed by atoms with Crippen LogP contribution in [0.5, 0.6) is 0 Å². The van der Waals surface area contributed by atoms with E-state index in [1.54, 1.807) is 6.07 Å². The van der Waals surface area contributed by atoms with Crippen LogP contribution in [0.1, 0.15) is 25.6 Å². The Morgan fingerprint density at radius 2 is 2.37 bits per heavy atom. The largest absolute Gasteiger partial charge is 0.328 e. The molecule has 1 saturated heterocycles. The van der Waals surface area contributed by atoms with E-state index in [1.165, 1.54) is 12.5 Å². The van der Waals surface area contributed by atoms with Crippen molar-refractivity contribution in [3.63, 3.8) is 0 Å². The minimum Gasteiger partial charge on any atom is -0.328 e. The molecule has 1 aromatic heterocycles. The second kappa shape index (κ2) is 5.29. The van der Waals surface area contributed by atoms with E-state index >= 15 is 0 Å². The van der Waals surface area contributed by atoms with Crippen molar-refractivity contribution < 1.29 is 4.39 Å². The summed E-state index contributed by atoms with van der Waals surface area (Å²) in [5, 5.41) is 3.39. The first-order valence-electron chi connectivity index (χ1n) is 7.14. The van der Waals surface area contributed by atoms with Gasteiger partial charge in [-0.3, -0.25) is 0 Å². The zero-order valence-electron chi connectivity index (χ0n) is 11.3. The number of nitrogens with one attached hydrogen (secondary N) is 1. The fourth-order valence-corrected chi connectivity index (χ4v) is 3.00. The predicted molar refractivity (Wildman–Crippen MR) is 74.7 cm³/mol. The van der Waals surface area contributed by atoms with Crippen LogP contribution in [0.25, 0.3) is 11.0 Å². The van der Waals surface area contributed by atoms with E-state index in [-0.39, 0.29) is 5.82 Å². The lowest BCUT2D eigenvalue weighted by Crippen LogP contribution is -2.11. The lowest BCUT2D eigenvalue weighted by atomic mass is 10.0. The van der Waals surface area contributed by atoms with E-state index in [2.05, 4.69) is 21.8 Å². The number of aryl methyl sites for hydroxylation is 2. The first-order valence-corrected chi connectivity index (χ1v) is 7.14. The molecular weight excluding hydrogens is 241 g/mol. The molecule has 0 radical (unpaired) electrons. The highest BCUT2D eigenvalue weighted by Crippen LogP contribution is 2.22. The number of fused-ring (bicyclic) bond motifs is 1. The predicted octanol–water partition coefficient (Wildman–Crippen LogP) is 2.74. The summed E-state index contributed by atoms with van der Waals surface area (Å²) in [5.41, 5.74) is 1.44. The minimum absolute atomic E-state index is 0.214. The molecule has 0 amide bonds. The van der Waals surface area contributed by atoms with Crippen molar-refractivity contribution in [3.05, 3.63) is 29.8 Å². The number of benzene rings is 1. The lowest BCUT2D eigenvalue weighted by Gasteiger charge is -2.09. The summed E-state index contributed by atoms with van der Waals surface area (Å²) < 4.78 is 15.9. The van der Waals surface area contributed by atoms with Crippen molar-refractivity contribution in [2.75, 3.05) is 13.1 Å². The maximum Gasteiger partial charge on any atom is 0.151 e. The van der Waals surface area contributed by atoms with Crippen molar-refractivity contribution >= 4 is 11.0 Å². The van der Waals surface area contributed by atoms with Gasteiger partial charge >= 0.3 is 0 Å². The van der Waals surface area contributed by atoms with E-state index in [9.17, 15) is 4.39 Å². The van der Waals surface area contributed by atoms with E-state index in [0.29, 0.717) is 5.52 Å². The van der Waals surface area contributed by atoms with Crippen LogP contribution >= 0.6 is 0 Å².